The van der Waals surface area contributed by atoms with Gasteiger partial charge in [-0.15, -0.1) is 11.3 Å². The van der Waals surface area contributed by atoms with Crippen LogP contribution in [0.3, 0.4) is 0 Å². The van der Waals surface area contributed by atoms with Gasteiger partial charge in [0, 0.05) is 13.5 Å². The summed E-state index contributed by atoms with van der Waals surface area (Å²) in [6.07, 6.45) is 0. The Morgan fingerprint density at radius 1 is 1.35 bits per heavy atom. The van der Waals surface area contributed by atoms with Gasteiger partial charge in [0.25, 0.3) is 0 Å². The summed E-state index contributed by atoms with van der Waals surface area (Å²) in [7, 11) is 1.97. The van der Waals surface area contributed by atoms with Gasteiger partial charge >= 0.3 is 0 Å². The molecule has 0 saturated carbocycles. The van der Waals surface area contributed by atoms with Crippen LogP contribution >= 0.6 is 61.5 Å². The third-order valence-electron chi connectivity index (χ3n) is 2.44. The second-order valence-corrected chi connectivity index (χ2v) is 7.62. The Hall–Kier alpha value is 0.380. The van der Waals surface area contributed by atoms with Crippen molar-refractivity contribution in [2.75, 3.05) is 7.05 Å². The number of hydrogen-bond donors (Lipinski definition) is 1. The Kier molecular flexibility index (Phi) is 4.88. The minimum absolute atomic E-state index is 0.192. The van der Waals surface area contributed by atoms with E-state index in [-0.39, 0.29) is 6.04 Å². The average molecular weight is 443 g/mol. The van der Waals surface area contributed by atoms with Crippen LogP contribution in [0.25, 0.3) is 0 Å². The van der Waals surface area contributed by atoms with Crippen molar-refractivity contribution in [3.63, 3.8) is 0 Å². The van der Waals surface area contributed by atoms with Crippen LogP contribution in [0, 0.1) is 3.57 Å². The zero-order valence-electron chi connectivity index (χ0n) is 9.01. The molecular formula is C12H10BrClINS. The van der Waals surface area contributed by atoms with Crippen molar-refractivity contribution in [1.29, 1.82) is 0 Å². The largest absolute Gasteiger partial charge is 0.309 e. The summed E-state index contributed by atoms with van der Waals surface area (Å²) < 4.78 is 2.36. The molecule has 0 radical (unpaired) electrons. The molecule has 0 aliphatic heterocycles. The summed E-state index contributed by atoms with van der Waals surface area (Å²) in [6.45, 7) is 0. The predicted octanol–water partition coefficient (Wildman–Crippen LogP) is 5.08. The Morgan fingerprint density at radius 3 is 2.71 bits per heavy atom. The predicted molar refractivity (Wildman–Crippen MR) is 87.1 cm³/mol. The smallest absolute Gasteiger partial charge is 0.0702 e. The minimum Gasteiger partial charge on any atom is -0.309 e. The highest BCUT2D eigenvalue weighted by molar-refractivity contribution is 14.1. The number of halogens is 3. The van der Waals surface area contributed by atoms with Gasteiger partial charge in [-0.1, -0.05) is 11.6 Å². The van der Waals surface area contributed by atoms with E-state index in [1.54, 1.807) is 11.3 Å². The lowest BCUT2D eigenvalue weighted by Crippen LogP contribution is -2.17. The van der Waals surface area contributed by atoms with Gasteiger partial charge in [0.15, 0.2) is 0 Å². The number of rotatable bonds is 3. The van der Waals surface area contributed by atoms with Crippen LogP contribution in [0.1, 0.15) is 16.5 Å². The molecule has 1 atom stereocenters. The van der Waals surface area contributed by atoms with Crippen molar-refractivity contribution in [2.24, 2.45) is 0 Å². The first-order valence-electron chi connectivity index (χ1n) is 4.99. The maximum absolute atomic E-state index is 6.07. The zero-order valence-corrected chi connectivity index (χ0v) is 14.3. The number of nitrogens with one attached hydrogen (secondary N) is 1. The van der Waals surface area contributed by atoms with E-state index in [0.29, 0.717) is 0 Å². The fourth-order valence-corrected chi connectivity index (χ4v) is 4.05. The lowest BCUT2D eigenvalue weighted by atomic mass is 10.1. The third-order valence-corrected chi connectivity index (χ3v) is 5.34. The van der Waals surface area contributed by atoms with Crippen molar-refractivity contribution in [3.8, 4) is 0 Å². The van der Waals surface area contributed by atoms with E-state index >= 15 is 0 Å². The van der Waals surface area contributed by atoms with Crippen molar-refractivity contribution in [1.82, 2.24) is 5.32 Å². The molecule has 0 aliphatic rings. The maximum Gasteiger partial charge on any atom is 0.0702 e. The summed E-state index contributed by atoms with van der Waals surface area (Å²) in [4.78, 5) is 1.28. The molecule has 1 aromatic carbocycles. The van der Waals surface area contributed by atoms with Crippen LogP contribution < -0.4 is 5.32 Å². The van der Waals surface area contributed by atoms with E-state index in [1.165, 1.54) is 14.0 Å². The first-order chi connectivity index (χ1) is 8.11. The zero-order chi connectivity index (χ0) is 12.4. The molecule has 1 nitrogen and oxygen atoms in total. The van der Waals surface area contributed by atoms with Crippen LogP contribution in [0.2, 0.25) is 5.02 Å². The normalized spacial score (nSPS) is 12.7. The van der Waals surface area contributed by atoms with E-state index in [2.05, 4.69) is 56.0 Å². The molecule has 2 rings (SSSR count). The van der Waals surface area contributed by atoms with E-state index in [0.717, 1.165) is 8.81 Å². The lowest BCUT2D eigenvalue weighted by Gasteiger charge is -2.17. The standard InChI is InChI=1S/C12H10BrClINS/c1-16-12(10-4-5-11(13)17-10)8-6-7(14)2-3-9(8)15/h2-6,12,16H,1H3. The molecule has 5 heteroatoms. The van der Waals surface area contributed by atoms with Crippen LogP contribution in [0.5, 0.6) is 0 Å². The number of benzene rings is 1. The van der Waals surface area contributed by atoms with Gasteiger partial charge < -0.3 is 5.32 Å². The second-order valence-electron chi connectivity index (χ2n) is 3.53. The van der Waals surface area contributed by atoms with E-state index in [1.807, 2.05) is 25.2 Å². The van der Waals surface area contributed by atoms with E-state index < -0.39 is 0 Å². The Balaban J connectivity index is 2.45. The number of thiophene rings is 1. The molecule has 90 valence electrons. The molecule has 1 heterocycles. The second kappa shape index (κ2) is 6.02. The van der Waals surface area contributed by atoms with E-state index in [4.69, 9.17) is 11.6 Å². The van der Waals surface area contributed by atoms with Crippen molar-refractivity contribution in [3.05, 3.63) is 53.2 Å². The van der Waals surface area contributed by atoms with Crippen molar-refractivity contribution < 1.29 is 0 Å². The quantitative estimate of drug-likeness (QED) is 0.654. The fourth-order valence-electron chi connectivity index (χ4n) is 1.67. The molecule has 0 saturated heterocycles. The monoisotopic (exact) mass is 441 g/mol. The molecule has 0 bridgehead atoms. The van der Waals surface area contributed by atoms with Gasteiger partial charge in [0.1, 0.15) is 0 Å². The highest BCUT2D eigenvalue weighted by Gasteiger charge is 2.17. The Labute approximate surface area is 132 Å². The molecule has 0 amide bonds. The molecule has 1 unspecified atom stereocenters. The SMILES string of the molecule is CNC(c1ccc(Br)s1)c1cc(Cl)ccc1I. The third kappa shape index (κ3) is 3.23. The molecular weight excluding hydrogens is 432 g/mol. The first-order valence-corrected chi connectivity index (χ1v) is 8.06. The average Bonchev–Trinajstić information content (AvgIpc) is 2.71. The fraction of sp³-hybridized carbons (Fsp3) is 0.167. The van der Waals surface area contributed by atoms with E-state index in [9.17, 15) is 0 Å². The molecule has 1 N–H and O–H groups in total. The molecule has 2 aromatic rings. The summed E-state index contributed by atoms with van der Waals surface area (Å²) in [6, 6.07) is 10.4. The highest BCUT2D eigenvalue weighted by Crippen LogP contribution is 2.34. The Bertz CT molecular complexity index is 529. The molecule has 0 spiro atoms. The Morgan fingerprint density at radius 2 is 2.12 bits per heavy atom. The van der Waals surface area contributed by atoms with Crippen LogP contribution in [0.4, 0.5) is 0 Å². The van der Waals surface area contributed by atoms with Gasteiger partial charge in [-0.2, -0.15) is 0 Å². The summed E-state index contributed by atoms with van der Waals surface area (Å²) in [5.74, 6) is 0. The van der Waals surface area contributed by atoms with Crippen LogP contribution in [0.15, 0.2) is 34.1 Å². The topological polar surface area (TPSA) is 12.0 Å². The lowest BCUT2D eigenvalue weighted by molar-refractivity contribution is 0.700. The maximum atomic E-state index is 6.07. The van der Waals surface area contributed by atoms with Crippen LogP contribution in [-0.4, -0.2) is 7.05 Å². The van der Waals surface area contributed by atoms with Crippen molar-refractivity contribution >= 4 is 61.5 Å². The van der Waals surface area contributed by atoms with Gasteiger partial charge in [-0.3, -0.25) is 0 Å². The molecule has 17 heavy (non-hydrogen) atoms. The minimum atomic E-state index is 0.192. The van der Waals surface area contributed by atoms with Gasteiger partial charge in [-0.25, -0.2) is 0 Å². The number of hydrogen-bond acceptors (Lipinski definition) is 2. The summed E-state index contributed by atoms with van der Waals surface area (Å²) >= 11 is 13.7. The summed E-state index contributed by atoms with van der Waals surface area (Å²) in [5, 5.41) is 4.12. The highest BCUT2D eigenvalue weighted by atomic mass is 127. The summed E-state index contributed by atoms with van der Waals surface area (Å²) in [5.41, 5.74) is 1.22. The van der Waals surface area contributed by atoms with Crippen molar-refractivity contribution in [2.45, 2.75) is 6.04 Å². The molecule has 0 aliphatic carbocycles. The van der Waals surface area contributed by atoms with Gasteiger partial charge in [0.05, 0.1) is 9.83 Å². The van der Waals surface area contributed by atoms with Gasteiger partial charge in [0.2, 0.25) is 0 Å². The first kappa shape index (κ1) is 13.8. The van der Waals surface area contributed by atoms with Gasteiger partial charge in [-0.05, 0) is 81.5 Å². The molecule has 1 aromatic heterocycles. The van der Waals surface area contributed by atoms with Crippen LogP contribution in [-0.2, 0) is 0 Å². The molecule has 0 fully saturated rings.